The maximum Gasteiger partial charge on any atom is 0.233 e. The molecule has 1 aliphatic heterocycles. The maximum atomic E-state index is 12.5. The van der Waals surface area contributed by atoms with Gasteiger partial charge in [0.2, 0.25) is 11.8 Å². The van der Waals surface area contributed by atoms with Crippen molar-refractivity contribution >= 4 is 11.8 Å². The number of β-amino-alcohol motifs (C(OH)–C–C–N with tert-alkyl or cyclic N) is 1. The number of allylic oxidation sites excluding steroid dienone is 2. The molecule has 5 nitrogen and oxygen atoms in total. The third-order valence-electron chi connectivity index (χ3n) is 4.91. The average Bonchev–Trinajstić information content (AvgIpc) is 3.06. The topological polar surface area (TPSA) is 66.8 Å². The van der Waals surface area contributed by atoms with Crippen molar-refractivity contribution in [3.8, 4) is 0 Å². The molecule has 2 fully saturated rings. The van der Waals surface area contributed by atoms with Gasteiger partial charge >= 0.3 is 0 Å². The van der Waals surface area contributed by atoms with Crippen molar-refractivity contribution < 1.29 is 19.4 Å². The van der Waals surface area contributed by atoms with Crippen LogP contribution in [0.2, 0.25) is 0 Å². The number of rotatable bonds is 5. The predicted molar refractivity (Wildman–Crippen MR) is 71.6 cm³/mol. The number of hydrogen-bond acceptors (Lipinski definition) is 4. The van der Waals surface area contributed by atoms with E-state index in [0.29, 0.717) is 13.0 Å². The van der Waals surface area contributed by atoms with E-state index in [1.165, 1.54) is 4.90 Å². The van der Waals surface area contributed by atoms with E-state index in [1.54, 1.807) is 14.0 Å². The van der Waals surface area contributed by atoms with E-state index >= 15 is 0 Å². The average molecular weight is 279 g/mol. The summed E-state index contributed by atoms with van der Waals surface area (Å²) < 4.78 is 4.96. The number of amides is 2. The van der Waals surface area contributed by atoms with Crippen molar-refractivity contribution in [3.05, 3.63) is 12.2 Å². The van der Waals surface area contributed by atoms with Crippen LogP contribution in [0.1, 0.15) is 19.8 Å². The number of ether oxygens (including phenoxy) is 1. The Labute approximate surface area is 118 Å². The maximum absolute atomic E-state index is 12.5. The zero-order chi connectivity index (χ0) is 14.5. The first-order valence-electron chi connectivity index (χ1n) is 7.19. The second-order valence-corrected chi connectivity index (χ2v) is 6.50. The smallest absolute Gasteiger partial charge is 0.233 e. The monoisotopic (exact) mass is 279 g/mol. The normalized spacial score (nSPS) is 37.6. The number of carbonyl (C=O) groups excluding carboxylic acids is 2. The first-order valence-corrected chi connectivity index (χ1v) is 7.19. The molecule has 0 aromatic carbocycles. The van der Waals surface area contributed by atoms with Crippen LogP contribution in [-0.4, -0.2) is 47.7 Å². The Morgan fingerprint density at radius 1 is 1.30 bits per heavy atom. The zero-order valence-corrected chi connectivity index (χ0v) is 11.9. The quantitative estimate of drug-likeness (QED) is 0.590. The summed E-state index contributed by atoms with van der Waals surface area (Å²) in [6.07, 6.45) is 5.48. The van der Waals surface area contributed by atoms with Crippen LogP contribution in [0.3, 0.4) is 0 Å². The number of nitrogens with zero attached hydrogens (tertiary/aromatic N) is 1. The highest BCUT2D eigenvalue weighted by molar-refractivity contribution is 6.06. The number of methoxy groups -OCH3 is 1. The molecule has 5 heteroatoms. The molecular weight excluding hydrogens is 258 g/mol. The van der Waals surface area contributed by atoms with Crippen molar-refractivity contribution in [2.75, 3.05) is 20.3 Å². The minimum atomic E-state index is -1.09. The summed E-state index contributed by atoms with van der Waals surface area (Å²) in [6, 6.07) is 0. The van der Waals surface area contributed by atoms with E-state index < -0.39 is 5.60 Å². The van der Waals surface area contributed by atoms with Crippen LogP contribution in [0.5, 0.6) is 0 Å². The van der Waals surface area contributed by atoms with Crippen LogP contribution in [0.15, 0.2) is 12.2 Å². The summed E-state index contributed by atoms with van der Waals surface area (Å²) in [7, 11) is 1.57. The Balaban J connectivity index is 1.73. The molecule has 2 amide bonds. The van der Waals surface area contributed by atoms with Crippen LogP contribution in [0.25, 0.3) is 0 Å². The van der Waals surface area contributed by atoms with Gasteiger partial charge in [0.25, 0.3) is 0 Å². The zero-order valence-electron chi connectivity index (χ0n) is 11.9. The fourth-order valence-electron chi connectivity index (χ4n) is 3.86. The van der Waals surface area contributed by atoms with Gasteiger partial charge in [0.05, 0.1) is 24.0 Å². The highest BCUT2D eigenvalue weighted by atomic mass is 16.5. The van der Waals surface area contributed by atoms with Crippen LogP contribution in [-0.2, 0) is 14.3 Å². The second-order valence-electron chi connectivity index (χ2n) is 6.50. The third-order valence-corrected chi connectivity index (χ3v) is 4.91. The number of carbonyl (C=O) groups is 2. The molecule has 1 saturated heterocycles. The highest BCUT2D eigenvalue weighted by Crippen LogP contribution is 2.52. The Morgan fingerprint density at radius 3 is 2.35 bits per heavy atom. The van der Waals surface area contributed by atoms with E-state index in [-0.39, 0.29) is 42.0 Å². The molecule has 5 atom stereocenters. The van der Waals surface area contributed by atoms with Crippen LogP contribution in [0, 0.1) is 23.7 Å². The van der Waals surface area contributed by atoms with Gasteiger partial charge < -0.3 is 9.84 Å². The fourth-order valence-corrected chi connectivity index (χ4v) is 3.86. The van der Waals surface area contributed by atoms with Gasteiger partial charge in [-0.2, -0.15) is 0 Å². The van der Waals surface area contributed by atoms with Gasteiger partial charge in [-0.25, -0.2) is 0 Å². The van der Waals surface area contributed by atoms with Crippen molar-refractivity contribution in [1.82, 2.24) is 4.90 Å². The van der Waals surface area contributed by atoms with Crippen molar-refractivity contribution in [2.45, 2.75) is 25.4 Å². The van der Waals surface area contributed by atoms with Gasteiger partial charge in [-0.15, -0.1) is 0 Å². The van der Waals surface area contributed by atoms with Gasteiger partial charge in [-0.3, -0.25) is 14.5 Å². The van der Waals surface area contributed by atoms with E-state index in [1.807, 2.05) is 0 Å². The van der Waals surface area contributed by atoms with E-state index in [0.717, 1.165) is 6.42 Å². The standard InChI is InChI=1S/C15H21NO4/c1-15(19,5-6-20-2)8-16-13(17)11-9-3-4-10(7-9)12(11)14(16)18/h3-4,9-12,19H,5-8H2,1-2H3. The van der Waals surface area contributed by atoms with E-state index in [9.17, 15) is 14.7 Å². The lowest BCUT2D eigenvalue weighted by Gasteiger charge is -2.28. The molecule has 0 spiro atoms. The molecule has 0 radical (unpaired) electrons. The van der Waals surface area contributed by atoms with Crippen molar-refractivity contribution in [2.24, 2.45) is 23.7 Å². The lowest BCUT2D eigenvalue weighted by molar-refractivity contribution is -0.145. The van der Waals surface area contributed by atoms with Crippen LogP contribution >= 0.6 is 0 Å². The number of aliphatic hydroxyl groups is 1. The van der Waals surface area contributed by atoms with Gasteiger partial charge in [0.1, 0.15) is 0 Å². The Morgan fingerprint density at radius 2 is 1.85 bits per heavy atom. The van der Waals surface area contributed by atoms with Crippen LogP contribution in [0.4, 0.5) is 0 Å². The Bertz CT molecular complexity index is 440. The first-order chi connectivity index (χ1) is 9.44. The minimum Gasteiger partial charge on any atom is -0.388 e. The molecular formula is C15H21NO4. The molecule has 1 saturated carbocycles. The Hall–Kier alpha value is -1.20. The molecule has 5 unspecified atom stereocenters. The summed E-state index contributed by atoms with van der Waals surface area (Å²) in [5.74, 6) is -0.138. The summed E-state index contributed by atoms with van der Waals surface area (Å²) in [6.45, 7) is 2.12. The summed E-state index contributed by atoms with van der Waals surface area (Å²) in [5, 5.41) is 10.3. The number of hydrogen-bond donors (Lipinski definition) is 1. The summed E-state index contributed by atoms with van der Waals surface area (Å²) in [4.78, 5) is 26.2. The van der Waals surface area contributed by atoms with E-state index in [2.05, 4.69) is 12.2 Å². The number of likely N-dealkylation sites (tertiary alicyclic amines) is 1. The molecule has 2 bridgehead atoms. The predicted octanol–water partition coefficient (Wildman–Crippen LogP) is 0.581. The summed E-state index contributed by atoms with van der Waals surface area (Å²) >= 11 is 0. The second kappa shape index (κ2) is 4.67. The van der Waals surface area contributed by atoms with E-state index in [4.69, 9.17) is 4.74 Å². The lowest BCUT2D eigenvalue weighted by atomic mass is 9.85. The number of fused-ring (bicyclic) bond motifs is 5. The molecule has 3 rings (SSSR count). The first kappa shape index (κ1) is 13.8. The molecule has 2 aliphatic carbocycles. The molecule has 0 aromatic rings. The number of imide groups is 1. The largest absolute Gasteiger partial charge is 0.388 e. The summed E-state index contributed by atoms with van der Waals surface area (Å²) in [5.41, 5.74) is -1.09. The third kappa shape index (κ3) is 2.00. The molecule has 110 valence electrons. The molecule has 0 aromatic heterocycles. The molecule has 1 N–H and O–H groups in total. The van der Waals surface area contributed by atoms with Crippen molar-refractivity contribution in [3.63, 3.8) is 0 Å². The van der Waals surface area contributed by atoms with Gasteiger partial charge in [-0.1, -0.05) is 12.2 Å². The highest BCUT2D eigenvalue weighted by Gasteiger charge is 2.59. The molecule has 3 aliphatic rings. The lowest BCUT2D eigenvalue weighted by Crippen LogP contribution is -2.45. The van der Waals surface area contributed by atoms with Crippen LogP contribution < -0.4 is 0 Å². The van der Waals surface area contributed by atoms with Crippen molar-refractivity contribution in [1.29, 1.82) is 0 Å². The molecule has 1 heterocycles. The SMILES string of the molecule is COCCC(C)(O)CN1C(=O)C2C3C=CC(C3)C2C1=O. The Kier molecular flexibility index (Phi) is 3.21. The van der Waals surface area contributed by atoms with Gasteiger partial charge in [0, 0.05) is 20.1 Å². The fraction of sp³-hybridized carbons (Fsp3) is 0.733. The molecule has 20 heavy (non-hydrogen) atoms. The van der Waals surface area contributed by atoms with Gasteiger partial charge in [0.15, 0.2) is 0 Å². The van der Waals surface area contributed by atoms with Gasteiger partial charge in [-0.05, 0) is 25.2 Å². The minimum absolute atomic E-state index is 0.0699.